The third-order valence-corrected chi connectivity index (χ3v) is 7.30. The van der Waals surface area contributed by atoms with Crippen molar-refractivity contribution in [1.82, 2.24) is 25.4 Å². The molecule has 1 saturated carbocycles. The maximum Gasteiger partial charge on any atom is 0.229 e. The fraction of sp³-hybridized carbons (Fsp3) is 0.692. The van der Waals surface area contributed by atoms with E-state index in [2.05, 4.69) is 40.3 Å². The molecule has 1 atom stereocenters. The van der Waals surface area contributed by atoms with Gasteiger partial charge in [0.05, 0.1) is 6.10 Å². The van der Waals surface area contributed by atoms with Crippen LogP contribution in [0.15, 0.2) is 16.5 Å². The smallest absolute Gasteiger partial charge is 0.229 e. The van der Waals surface area contributed by atoms with E-state index in [-0.39, 0.29) is 24.5 Å². The van der Waals surface area contributed by atoms with E-state index in [9.17, 15) is 4.79 Å². The fourth-order valence-corrected chi connectivity index (χ4v) is 4.90. The predicted molar refractivity (Wildman–Crippen MR) is 130 cm³/mol. The number of alkyl halides is 1. The predicted octanol–water partition coefficient (Wildman–Crippen LogP) is 3.75. The van der Waals surface area contributed by atoms with Gasteiger partial charge in [0.2, 0.25) is 23.6 Å². The Morgan fingerprint density at radius 1 is 1.29 bits per heavy atom. The summed E-state index contributed by atoms with van der Waals surface area (Å²) in [5.41, 5.74) is 1.21. The number of aryl methyl sites for hydroxylation is 1. The first-order chi connectivity index (χ1) is 16.8. The molecule has 1 aliphatic carbocycles. The quantitative estimate of drug-likeness (QED) is 0.576. The zero-order valence-electron chi connectivity index (χ0n) is 21.2. The van der Waals surface area contributed by atoms with Crippen LogP contribution in [0.25, 0.3) is 0 Å². The normalized spacial score (nSPS) is 23.8. The van der Waals surface area contributed by atoms with Crippen LogP contribution >= 0.6 is 0 Å². The molecule has 0 saturated heterocycles. The van der Waals surface area contributed by atoms with Crippen molar-refractivity contribution in [3.8, 4) is 5.88 Å². The van der Waals surface area contributed by atoms with Gasteiger partial charge in [0, 0.05) is 50.8 Å². The van der Waals surface area contributed by atoms with E-state index in [0.717, 1.165) is 44.6 Å². The summed E-state index contributed by atoms with van der Waals surface area (Å²) in [5.74, 6) is 1.30. The lowest BCUT2D eigenvalue weighted by atomic mass is 9.81. The molecule has 8 nitrogen and oxygen atoms in total. The second-order valence-corrected chi connectivity index (χ2v) is 10.1. The fourth-order valence-electron chi connectivity index (χ4n) is 4.90. The number of hydrogen-bond donors (Lipinski definition) is 1. The largest absolute Gasteiger partial charge is 0.475 e. The second-order valence-electron chi connectivity index (χ2n) is 10.1. The van der Waals surface area contributed by atoms with Gasteiger partial charge in [0.1, 0.15) is 12.1 Å². The number of nitrogens with zero attached hydrogens (tertiary/aromatic N) is 4. The monoisotopic (exact) mass is 487 g/mol. The maximum atomic E-state index is 15.6. The van der Waals surface area contributed by atoms with Crippen molar-refractivity contribution in [1.29, 1.82) is 0 Å². The van der Waals surface area contributed by atoms with Crippen LogP contribution in [0.4, 0.5) is 4.39 Å². The van der Waals surface area contributed by atoms with Crippen LogP contribution in [0.2, 0.25) is 0 Å². The Morgan fingerprint density at radius 2 is 2.06 bits per heavy atom. The number of ether oxygens (including phenoxy) is 1. The Hall–Kier alpha value is -2.55. The number of nitrogens with one attached hydrogen (secondary N) is 1. The van der Waals surface area contributed by atoms with Crippen LogP contribution in [0, 0.1) is 6.92 Å². The highest BCUT2D eigenvalue weighted by molar-refractivity contribution is 5.77. The first kappa shape index (κ1) is 25.5. The highest BCUT2D eigenvalue weighted by Crippen LogP contribution is 2.35. The average Bonchev–Trinajstić information content (AvgIpc) is 3.13. The standard InChI is InChI=1S/C26H38FN5O3/c1-4-18(2)34-24-6-5-20-9-14-32(15-10-22(20)29-24)16-13-26(27)11-7-21(8-12-26)28-23(33)17-25-31-30-19(3)35-25/h5-6,18,21H,4,7-17H2,1-3H3,(H,28,33)/t18-,21-,26+/m1/s1. The second kappa shape index (κ2) is 11.5. The molecule has 0 radical (unpaired) electrons. The zero-order valence-corrected chi connectivity index (χ0v) is 21.2. The summed E-state index contributed by atoms with van der Waals surface area (Å²) in [5, 5.41) is 10.6. The van der Waals surface area contributed by atoms with Crippen LogP contribution in [-0.2, 0) is 24.1 Å². The van der Waals surface area contributed by atoms with E-state index in [4.69, 9.17) is 14.1 Å². The van der Waals surface area contributed by atoms with Crippen molar-refractivity contribution in [3.05, 3.63) is 35.2 Å². The van der Waals surface area contributed by atoms with Gasteiger partial charge < -0.3 is 19.4 Å². The molecule has 9 heteroatoms. The molecule has 2 aromatic heterocycles. The molecule has 2 aromatic rings. The summed E-state index contributed by atoms with van der Waals surface area (Å²) < 4.78 is 26.7. The van der Waals surface area contributed by atoms with E-state index in [1.165, 1.54) is 5.56 Å². The van der Waals surface area contributed by atoms with Crippen molar-refractivity contribution in [2.75, 3.05) is 19.6 Å². The lowest BCUT2D eigenvalue weighted by Crippen LogP contribution is -2.43. The number of halogens is 1. The van der Waals surface area contributed by atoms with Gasteiger partial charge in [0.25, 0.3) is 0 Å². The van der Waals surface area contributed by atoms with E-state index >= 15 is 4.39 Å². The Balaban J connectivity index is 1.20. The Labute approximate surface area is 207 Å². The van der Waals surface area contributed by atoms with E-state index in [1.54, 1.807) is 6.92 Å². The highest BCUT2D eigenvalue weighted by Gasteiger charge is 2.36. The minimum Gasteiger partial charge on any atom is -0.475 e. The van der Waals surface area contributed by atoms with Gasteiger partial charge in [0.15, 0.2) is 0 Å². The first-order valence-electron chi connectivity index (χ1n) is 13.0. The number of pyridine rings is 1. The summed E-state index contributed by atoms with van der Waals surface area (Å²) in [6.07, 6.45) is 5.74. The maximum absolute atomic E-state index is 15.6. The number of fused-ring (bicyclic) bond motifs is 1. The molecule has 0 aromatic carbocycles. The summed E-state index contributed by atoms with van der Waals surface area (Å²) in [7, 11) is 0. The van der Waals surface area contributed by atoms with Gasteiger partial charge in [-0.3, -0.25) is 4.79 Å². The van der Waals surface area contributed by atoms with Crippen molar-refractivity contribution in [3.63, 3.8) is 0 Å². The van der Waals surface area contributed by atoms with Crippen molar-refractivity contribution in [2.24, 2.45) is 0 Å². The van der Waals surface area contributed by atoms with Crippen LogP contribution in [-0.4, -0.2) is 63.4 Å². The number of carbonyl (C=O) groups excluding carboxylic acids is 1. The van der Waals surface area contributed by atoms with Crippen molar-refractivity contribution in [2.45, 2.75) is 96.4 Å². The molecule has 0 unspecified atom stereocenters. The SMILES string of the molecule is CC[C@@H](C)Oc1ccc2c(n1)CCN(CC[C@]1(F)CC[C@@H](NC(=O)Cc3nnc(C)o3)CC1)CC2. The molecule has 0 spiro atoms. The topological polar surface area (TPSA) is 93.4 Å². The number of amides is 1. The summed E-state index contributed by atoms with van der Waals surface area (Å²) in [4.78, 5) is 19.4. The van der Waals surface area contributed by atoms with Crippen LogP contribution in [0.5, 0.6) is 5.88 Å². The van der Waals surface area contributed by atoms with Gasteiger partial charge in [-0.05, 0) is 57.4 Å². The molecular formula is C26H38FN5O3. The average molecular weight is 488 g/mol. The molecule has 1 N–H and O–H groups in total. The molecule has 0 bridgehead atoms. The number of hydrogen-bond acceptors (Lipinski definition) is 7. The molecule has 4 rings (SSSR count). The zero-order chi connectivity index (χ0) is 24.8. The molecule has 2 aliphatic rings. The third kappa shape index (κ3) is 7.22. The lowest BCUT2D eigenvalue weighted by Gasteiger charge is -2.35. The molecular weight excluding hydrogens is 449 g/mol. The molecule has 192 valence electrons. The van der Waals surface area contributed by atoms with Crippen molar-refractivity contribution >= 4 is 5.91 Å². The van der Waals surface area contributed by atoms with E-state index < -0.39 is 5.67 Å². The number of rotatable bonds is 9. The summed E-state index contributed by atoms with van der Waals surface area (Å²) in [6.45, 7) is 8.40. The molecule has 1 aliphatic heterocycles. The van der Waals surface area contributed by atoms with E-state index in [0.29, 0.717) is 49.8 Å². The highest BCUT2D eigenvalue weighted by atomic mass is 19.1. The van der Waals surface area contributed by atoms with Crippen LogP contribution < -0.4 is 10.1 Å². The number of carbonyl (C=O) groups is 1. The van der Waals surface area contributed by atoms with E-state index in [1.807, 2.05) is 6.07 Å². The van der Waals surface area contributed by atoms with Gasteiger partial charge in [-0.25, -0.2) is 9.37 Å². The van der Waals surface area contributed by atoms with Crippen molar-refractivity contribution < 1.29 is 18.3 Å². The molecule has 1 fully saturated rings. The summed E-state index contributed by atoms with van der Waals surface area (Å²) in [6, 6.07) is 4.10. The number of aromatic nitrogens is 3. The molecule has 1 amide bonds. The minimum absolute atomic E-state index is 0.000921. The Bertz CT molecular complexity index is 989. The minimum atomic E-state index is -1.17. The Morgan fingerprint density at radius 3 is 2.77 bits per heavy atom. The summed E-state index contributed by atoms with van der Waals surface area (Å²) >= 11 is 0. The molecule has 35 heavy (non-hydrogen) atoms. The van der Waals surface area contributed by atoms with Crippen LogP contribution in [0.1, 0.15) is 75.4 Å². The van der Waals surface area contributed by atoms with Crippen LogP contribution in [0.3, 0.4) is 0 Å². The van der Waals surface area contributed by atoms with Gasteiger partial charge in [-0.1, -0.05) is 13.0 Å². The third-order valence-electron chi connectivity index (χ3n) is 7.30. The van der Waals surface area contributed by atoms with Gasteiger partial charge in [-0.15, -0.1) is 10.2 Å². The molecule has 3 heterocycles. The van der Waals surface area contributed by atoms with Gasteiger partial charge in [-0.2, -0.15) is 0 Å². The first-order valence-corrected chi connectivity index (χ1v) is 13.0. The Kier molecular flexibility index (Phi) is 8.36. The lowest BCUT2D eigenvalue weighted by molar-refractivity contribution is -0.122. The van der Waals surface area contributed by atoms with Gasteiger partial charge >= 0.3 is 0 Å².